The van der Waals surface area contributed by atoms with Crippen LogP contribution in [0.3, 0.4) is 0 Å². The van der Waals surface area contributed by atoms with Crippen molar-refractivity contribution in [3.05, 3.63) is 70.8 Å². The Morgan fingerprint density at radius 3 is 1.57 bits per heavy atom. The highest BCUT2D eigenvalue weighted by molar-refractivity contribution is 5.33. The van der Waals surface area contributed by atoms with Crippen molar-refractivity contribution in [2.45, 2.75) is 31.6 Å². The third kappa shape index (κ3) is 5.01. The molecule has 2 aromatic carbocycles. The van der Waals surface area contributed by atoms with Crippen LogP contribution >= 0.6 is 0 Å². The SMILES string of the molecule is FC(F)(F)c1cc(CCCc2ccccc2)cc(C(F)(F)F)c1. The van der Waals surface area contributed by atoms with Crippen LogP contribution in [0.15, 0.2) is 48.5 Å². The average Bonchev–Trinajstić information content (AvgIpc) is 2.46. The van der Waals surface area contributed by atoms with Crippen LogP contribution in [0.4, 0.5) is 26.3 Å². The van der Waals surface area contributed by atoms with E-state index in [4.69, 9.17) is 0 Å². The maximum absolute atomic E-state index is 12.8. The number of hydrogen-bond acceptors (Lipinski definition) is 0. The number of halogens is 6. The summed E-state index contributed by atoms with van der Waals surface area (Å²) in [5.41, 5.74) is -1.48. The lowest BCUT2D eigenvalue weighted by Crippen LogP contribution is -2.11. The van der Waals surface area contributed by atoms with Gasteiger partial charge in [0.25, 0.3) is 0 Å². The molecule has 0 atom stereocenters. The first-order valence-corrected chi connectivity index (χ1v) is 6.98. The fourth-order valence-electron chi connectivity index (χ4n) is 2.30. The van der Waals surface area contributed by atoms with E-state index in [2.05, 4.69) is 0 Å². The van der Waals surface area contributed by atoms with Crippen molar-refractivity contribution >= 4 is 0 Å². The van der Waals surface area contributed by atoms with Crippen LogP contribution in [0.25, 0.3) is 0 Å². The standard InChI is InChI=1S/C17H14F6/c18-16(19,20)14-9-13(10-15(11-14)17(21,22)23)8-4-7-12-5-2-1-3-6-12/h1-3,5-6,9-11H,4,7-8H2. The molecule has 0 bridgehead atoms. The summed E-state index contributed by atoms with van der Waals surface area (Å²) < 4.78 is 76.5. The molecule has 23 heavy (non-hydrogen) atoms. The van der Waals surface area contributed by atoms with E-state index in [1.54, 1.807) is 0 Å². The van der Waals surface area contributed by atoms with Crippen LogP contribution in [0.1, 0.15) is 28.7 Å². The fraction of sp³-hybridized carbons (Fsp3) is 0.294. The molecule has 0 aliphatic carbocycles. The van der Waals surface area contributed by atoms with Crippen LogP contribution in [0, 0.1) is 0 Å². The highest BCUT2D eigenvalue weighted by Crippen LogP contribution is 2.36. The molecular formula is C17H14F6. The molecule has 0 aliphatic heterocycles. The van der Waals surface area contributed by atoms with Crippen LogP contribution in [-0.2, 0) is 25.2 Å². The summed E-state index contributed by atoms with van der Waals surface area (Å²) in [6, 6.07) is 11.0. The van der Waals surface area contributed by atoms with E-state index in [0.29, 0.717) is 12.8 Å². The first-order valence-electron chi connectivity index (χ1n) is 6.98. The minimum absolute atomic E-state index is 0.0445. The molecule has 124 valence electrons. The number of benzene rings is 2. The van der Waals surface area contributed by atoms with Crippen molar-refractivity contribution < 1.29 is 26.3 Å². The van der Waals surface area contributed by atoms with Crippen molar-refractivity contribution in [1.82, 2.24) is 0 Å². The second kappa shape index (κ2) is 6.64. The van der Waals surface area contributed by atoms with Gasteiger partial charge in [-0.1, -0.05) is 30.3 Å². The van der Waals surface area contributed by atoms with Crippen LogP contribution in [0.5, 0.6) is 0 Å². The van der Waals surface area contributed by atoms with Gasteiger partial charge in [0, 0.05) is 0 Å². The van der Waals surface area contributed by atoms with Gasteiger partial charge in [-0.25, -0.2) is 0 Å². The van der Waals surface area contributed by atoms with E-state index in [-0.39, 0.29) is 18.1 Å². The Hall–Kier alpha value is -1.98. The molecule has 0 radical (unpaired) electrons. The van der Waals surface area contributed by atoms with E-state index in [9.17, 15) is 26.3 Å². The molecular weight excluding hydrogens is 318 g/mol. The summed E-state index contributed by atoms with van der Waals surface area (Å²) in [5, 5.41) is 0. The molecule has 0 aromatic heterocycles. The summed E-state index contributed by atoms with van der Waals surface area (Å²) in [6.45, 7) is 0. The zero-order valence-electron chi connectivity index (χ0n) is 12.0. The third-order valence-corrected chi connectivity index (χ3v) is 3.42. The monoisotopic (exact) mass is 332 g/mol. The van der Waals surface area contributed by atoms with Crippen molar-refractivity contribution in [3.63, 3.8) is 0 Å². The highest BCUT2D eigenvalue weighted by atomic mass is 19.4. The van der Waals surface area contributed by atoms with Crippen LogP contribution in [-0.4, -0.2) is 0 Å². The zero-order chi connectivity index (χ0) is 17.1. The van der Waals surface area contributed by atoms with Gasteiger partial charge in [0.2, 0.25) is 0 Å². The van der Waals surface area contributed by atoms with Crippen molar-refractivity contribution in [3.8, 4) is 0 Å². The second-order valence-electron chi connectivity index (χ2n) is 5.25. The summed E-state index contributed by atoms with van der Waals surface area (Å²) in [5.74, 6) is 0. The molecule has 0 fully saturated rings. The first-order chi connectivity index (χ1) is 10.7. The van der Waals surface area contributed by atoms with Crippen LogP contribution < -0.4 is 0 Å². The molecule has 0 N–H and O–H groups in total. The molecule has 6 heteroatoms. The lowest BCUT2D eigenvalue weighted by molar-refractivity contribution is -0.143. The van der Waals surface area contributed by atoms with Gasteiger partial charge in [-0.05, 0) is 48.6 Å². The van der Waals surface area contributed by atoms with Gasteiger partial charge in [-0.15, -0.1) is 0 Å². The van der Waals surface area contributed by atoms with Crippen molar-refractivity contribution in [2.24, 2.45) is 0 Å². The molecule has 0 nitrogen and oxygen atoms in total. The van der Waals surface area contributed by atoms with Gasteiger partial charge in [0.1, 0.15) is 0 Å². The molecule has 0 heterocycles. The molecule has 0 saturated heterocycles. The summed E-state index contributed by atoms with van der Waals surface area (Å²) in [6.07, 6.45) is -8.37. The van der Waals surface area contributed by atoms with Gasteiger partial charge in [-0.3, -0.25) is 0 Å². The minimum Gasteiger partial charge on any atom is -0.166 e. The Morgan fingerprint density at radius 1 is 0.609 bits per heavy atom. The average molecular weight is 332 g/mol. The van der Waals surface area contributed by atoms with E-state index in [1.807, 2.05) is 30.3 Å². The molecule has 0 saturated carbocycles. The number of aryl methyl sites for hydroxylation is 2. The van der Waals surface area contributed by atoms with E-state index in [0.717, 1.165) is 17.7 Å². The van der Waals surface area contributed by atoms with Gasteiger partial charge in [0.15, 0.2) is 0 Å². The van der Waals surface area contributed by atoms with E-state index in [1.165, 1.54) is 0 Å². The van der Waals surface area contributed by atoms with Gasteiger partial charge >= 0.3 is 12.4 Å². The lowest BCUT2D eigenvalue weighted by Gasteiger charge is -2.14. The molecule has 2 rings (SSSR count). The second-order valence-corrected chi connectivity index (χ2v) is 5.25. The third-order valence-electron chi connectivity index (χ3n) is 3.42. The zero-order valence-corrected chi connectivity index (χ0v) is 12.0. The maximum atomic E-state index is 12.8. The van der Waals surface area contributed by atoms with Gasteiger partial charge < -0.3 is 0 Å². The fourth-order valence-corrected chi connectivity index (χ4v) is 2.30. The predicted molar refractivity (Wildman–Crippen MR) is 74.9 cm³/mol. The topological polar surface area (TPSA) is 0 Å². The van der Waals surface area contributed by atoms with Crippen molar-refractivity contribution in [2.75, 3.05) is 0 Å². The summed E-state index contributed by atoms with van der Waals surface area (Å²) in [7, 11) is 0. The predicted octanol–water partition coefficient (Wildman–Crippen LogP) is 5.90. The Kier molecular flexibility index (Phi) is 5.02. The summed E-state index contributed by atoms with van der Waals surface area (Å²) >= 11 is 0. The number of hydrogen-bond donors (Lipinski definition) is 0. The highest BCUT2D eigenvalue weighted by Gasteiger charge is 2.36. The molecule has 0 spiro atoms. The van der Waals surface area contributed by atoms with E-state index >= 15 is 0 Å². The van der Waals surface area contributed by atoms with Crippen LogP contribution in [0.2, 0.25) is 0 Å². The summed E-state index contributed by atoms with van der Waals surface area (Å²) in [4.78, 5) is 0. The normalized spacial score (nSPS) is 12.4. The largest absolute Gasteiger partial charge is 0.416 e. The molecule has 0 aliphatic rings. The smallest absolute Gasteiger partial charge is 0.166 e. The number of rotatable bonds is 4. The van der Waals surface area contributed by atoms with Gasteiger partial charge in [-0.2, -0.15) is 26.3 Å². The number of alkyl halides is 6. The van der Waals surface area contributed by atoms with Crippen molar-refractivity contribution in [1.29, 1.82) is 0 Å². The minimum atomic E-state index is -4.80. The Labute approximate surface area is 129 Å². The molecule has 0 amide bonds. The van der Waals surface area contributed by atoms with E-state index < -0.39 is 23.5 Å². The maximum Gasteiger partial charge on any atom is 0.416 e. The lowest BCUT2D eigenvalue weighted by atomic mass is 9.99. The Balaban J connectivity index is 2.17. The quantitative estimate of drug-likeness (QED) is 0.612. The van der Waals surface area contributed by atoms with Gasteiger partial charge in [0.05, 0.1) is 11.1 Å². The molecule has 2 aromatic rings. The molecule has 0 unspecified atom stereocenters. The Morgan fingerprint density at radius 2 is 1.09 bits per heavy atom. The Bertz CT molecular complexity index is 608. The first kappa shape index (κ1) is 17.4.